The van der Waals surface area contributed by atoms with E-state index in [2.05, 4.69) is 0 Å². The molecular formula is C15H11N3O4. The molecular weight excluding hydrogens is 286 g/mol. The van der Waals surface area contributed by atoms with Crippen molar-refractivity contribution >= 4 is 22.3 Å². The lowest BCUT2D eigenvalue weighted by atomic mass is 10.1. The minimum Gasteiger partial charge on any atom is -0.344 e. The molecule has 0 unspecified atom stereocenters. The van der Waals surface area contributed by atoms with Crippen molar-refractivity contribution in [1.29, 1.82) is 0 Å². The molecule has 0 aliphatic heterocycles. The predicted molar refractivity (Wildman–Crippen MR) is 81.7 cm³/mol. The Labute approximate surface area is 124 Å². The summed E-state index contributed by atoms with van der Waals surface area (Å²) in [6.45, 7) is 0. The minimum atomic E-state index is -0.450. The molecule has 3 aromatic rings. The van der Waals surface area contributed by atoms with E-state index in [4.69, 9.17) is 0 Å². The standard InChI is InChI=1S/C15H11N3O4/c1-16-14-7-6-13(18(21)22)8-11(14)9-15(16)10-2-4-12(5-3-10)17(19)20/h2-9H,1H3. The summed E-state index contributed by atoms with van der Waals surface area (Å²) in [6, 6.07) is 12.7. The van der Waals surface area contributed by atoms with E-state index in [9.17, 15) is 20.2 Å². The van der Waals surface area contributed by atoms with Crippen LogP contribution in [0.25, 0.3) is 22.2 Å². The number of benzene rings is 2. The Hall–Kier alpha value is -3.22. The van der Waals surface area contributed by atoms with E-state index in [0.29, 0.717) is 0 Å². The van der Waals surface area contributed by atoms with Crippen LogP contribution in [0.15, 0.2) is 48.5 Å². The molecule has 7 nitrogen and oxygen atoms in total. The first-order valence-corrected chi connectivity index (χ1v) is 6.46. The van der Waals surface area contributed by atoms with E-state index < -0.39 is 9.85 Å². The van der Waals surface area contributed by atoms with Gasteiger partial charge in [-0.05, 0) is 29.8 Å². The first-order valence-electron chi connectivity index (χ1n) is 6.46. The van der Waals surface area contributed by atoms with E-state index in [-0.39, 0.29) is 11.4 Å². The van der Waals surface area contributed by atoms with Crippen LogP contribution in [-0.2, 0) is 7.05 Å². The zero-order valence-electron chi connectivity index (χ0n) is 11.6. The Morgan fingerprint density at radius 2 is 1.45 bits per heavy atom. The Bertz CT molecular complexity index is 897. The van der Waals surface area contributed by atoms with Gasteiger partial charge in [0.05, 0.1) is 9.85 Å². The van der Waals surface area contributed by atoms with Crippen molar-refractivity contribution in [2.45, 2.75) is 0 Å². The number of nitrogens with zero attached hydrogens (tertiary/aromatic N) is 3. The lowest BCUT2D eigenvalue weighted by molar-refractivity contribution is -0.385. The monoisotopic (exact) mass is 297 g/mol. The van der Waals surface area contributed by atoms with Crippen LogP contribution in [0, 0.1) is 20.2 Å². The second-order valence-electron chi connectivity index (χ2n) is 4.89. The van der Waals surface area contributed by atoms with Crippen LogP contribution >= 0.6 is 0 Å². The topological polar surface area (TPSA) is 91.2 Å². The highest BCUT2D eigenvalue weighted by atomic mass is 16.6. The average Bonchev–Trinajstić information content (AvgIpc) is 2.84. The molecule has 110 valence electrons. The summed E-state index contributed by atoms with van der Waals surface area (Å²) < 4.78 is 1.90. The van der Waals surface area contributed by atoms with Crippen molar-refractivity contribution in [3.8, 4) is 11.3 Å². The number of fused-ring (bicyclic) bond motifs is 1. The number of hydrogen-bond acceptors (Lipinski definition) is 4. The number of aromatic nitrogens is 1. The first-order chi connectivity index (χ1) is 10.5. The van der Waals surface area contributed by atoms with Crippen LogP contribution in [0.1, 0.15) is 0 Å². The highest BCUT2D eigenvalue weighted by Gasteiger charge is 2.13. The first kappa shape index (κ1) is 13.7. The zero-order chi connectivity index (χ0) is 15.9. The highest BCUT2D eigenvalue weighted by molar-refractivity contribution is 5.88. The van der Waals surface area contributed by atoms with Crippen LogP contribution < -0.4 is 0 Å². The maximum absolute atomic E-state index is 10.8. The van der Waals surface area contributed by atoms with Gasteiger partial charge < -0.3 is 4.57 Å². The van der Waals surface area contributed by atoms with Gasteiger partial charge in [-0.15, -0.1) is 0 Å². The van der Waals surface area contributed by atoms with Crippen LogP contribution in [0.2, 0.25) is 0 Å². The molecule has 0 saturated heterocycles. The van der Waals surface area contributed by atoms with E-state index in [1.54, 1.807) is 18.2 Å². The van der Waals surface area contributed by atoms with Gasteiger partial charge in [0.2, 0.25) is 0 Å². The van der Waals surface area contributed by atoms with E-state index >= 15 is 0 Å². The summed E-state index contributed by atoms with van der Waals surface area (Å²) in [7, 11) is 1.85. The van der Waals surface area contributed by atoms with Crippen LogP contribution in [-0.4, -0.2) is 14.4 Å². The van der Waals surface area contributed by atoms with E-state index in [1.807, 2.05) is 17.7 Å². The molecule has 22 heavy (non-hydrogen) atoms. The summed E-state index contributed by atoms with van der Waals surface area (Å²) in [6.07, 6.45) is 0. The molecule has 1 heterocycles. The van der Waals surface area contributed by atoms with Gasteiger partial charge in [0.25, 0.3) is 11.4 Å². The Kier molecular flexibility index (Phi) is 3.10. The van der Waals surface area contributed by atoms with Gasteiger partial charge in [-0.1, -0.05) is 0 Å². The fourth-order valence-corrected chi connectivity index (χ4v) is 2.48. The van der Waals surface area contributed by atoms with Crippen molar-refractivity contribution in [1.82, 2.24) is 4.57 Å². The average molecular weight is 297 g/mol. The molecule has 0 spiro atoms. The molecule has 0 bridgehead atoms. The van der Waals surface area contributed by atoms with Gasteiger partial charge in [-0.25, -0.2) is 0 Å². The van der Waals surface area contributed by atoms with Gasteiger partial charge in [-0.2, -0.15) is 0 Å². The summed E-state index contributed by atoms with van der Waals surface area (Å²) in [5.41, 5.74) is 2.57. The number of nitro benzene ring substituents is 2. The predicted octanol–water partition coefficient (Wildman–Crippen LogP) is 3.66. The molecule has 0 aliphatic rings. The maximum atomic E-state index is 10.8. The molecule has 0 saturated carbocycles. The lowest BCUT2D eigenvalue weighted by Crippen LogP contribution is -1.92. The highest BCUT2D eigenvalue weighted by Crippen LogP contribution is 2.30. The number of non-ortho nitro benzene ring substituents is 2. The normalized spacial score (nSPS) is 10.8. The molecule has 0 fully saturated rings. The molecule has 0 aliphatic carbocycles. The Balaban J connectivity index is 2.12. The minimum absolute atomic E-state index is 0.0261. The smallest absolute Gasteiger partial charge is 0.270 e. The van der Waals surface area contributed by atoms with E-state index in [1.165, 1.54) is 24.3 Å². The Morgan fingerprint density at radius 1 is 0.864 bits per heavy atom. The van der Waals surface area contributed by atoms with Crippen molar-refractivity contribution in [3.05, 3.63) is 68.8 Å². The fraction of sp³-hybridized carbons (Fsp3) is 0.0667. The van der Waals surface area contributed by atoms with Crippen molar-refractivity contribution in [2.75, 3.05) is 0 Å². The van der Waals surface area contributed by atoms with E-state index in [0.717, 1.165) is 22.2 Å². The number of aryl methyl sites for hydroxylation is 1. The number of hydrogen-bond donors (Lipinski definition) is 0. The van der Waals surface area contributed by atoms with Crippen molar-refractivity contribution < 1.29 is 9.85 Å². The maximum Gasteiger partial charge on any atom is 0.270 e. The molecule has 0 atom stereocenters. The molecule has 3 rings (SSSR count). The summed E-state index contributed by atoms with van der Waals surface area (Å²) in [4.78, 5) is 20.7. The zero-order valence-corrected chi connectivity index (χ0v) is 11.6. The van der Waals surface area contributed by atoms with Gasteiger partial charge in [-0.3, -0.25) is 20.2 Å². The molecule has 0 amide bonds. The van der Waals surface area contributed by atoms with Gasteiger partial charge in [0.1, 0.15) is 0 Å². The van der Waals surface area contributed by atoms with Crippen molar-refractivity contribution in [3.63, 3.8) is 0 Å². The molecule has 7 heteroatoms. The summed E-state index contributed by atoms with van der Waals surface area (Å²) >= 11 is 0. The quantitative estimate of drug-likeness (QED) is 0.544. The van der Waals surface area contributed by atoms with Gasteiger partial charge >= 0.3 is 0 Å². The van der Waals surface area contributed by atoms with Crippen LogP contribution in [0.5, 0.6) is 0 Å². The van der Waals surface area contributed by atoms with Gasteiger partial charge in [0.15, 0.2) is 0 Å². The molecule has 1 aromatic heterocycles. The fourth-order valence-electron chi connectivity index (χ4n) is 2.48. The molecule has 0 radical (unpaired) electrons. The van der Waals surface area contributed by atoms with Crippen LogP contribution in [0.3, 0.4) is 0 Å². The summed E-state index contributed by atoms with van der Waals surface area (Å²) in [5.74, 6) is 0. The lowest BCUT2D eigenvalue weighted by Gasteiger charge is -2.04. The third kappa shape index (κ3) is 2.18. The molecule has 0 N–H and O–H groups in total. The second-order valence-corrected chi connectivity index (χ2v) is 4.89. The Morgan fingerprint density at radius 3 is 2.05 bits per heavy atom. The second kappa shape index (κ2) is 4.96. The SMILES string of the molecule is Cn1c(-c2ccc([N+](=O)[O-])cc2)cc2cc([N+](=O)[O-])ccc21. The van der Waals surface area contributed by atoms with Crippen molar-refractivity contribution in [2.24, 2.45) is 7.05 Å². The number of rotatable bonds is 3. The summed E-state index contributed by atoms with van der Waals surface area (Å²) in [5, 5.41) is 22.3. The van der Waals surface area contributed by atoms with Gasteiger partial charge in [0, 0.05) is 47.9 Å². The van der Waals surface area contributed by atoms with Crippen LogP contribution in [0.4, 0.5) is 11.4 Å². The third-order valence-corrected chi connectivity index (χ3v) is 3.61. The third-order valence-electron chi connectivity index (χ3n) is 3.61. The largest absolute Gasteiger partial charge is 0.344 e. The molecule has 2 aromatic carbocycles. The number of nitro groups is 2.